The lowest BCUT2D eigenvalue weighted by molar-refractivity contribution is -0.147. The number of thiophene rings is 1. The van der Waals surface area contributed by atoms with Crippen LogP contribution in [0.4, 0.5) is 11.4 Å². The predicted molar refractivity (Wildman–Crippen MR) is 107 cm³/mol. The van der Waals surface area contributed by atoms with E-state index in [9.17, 15) is 14.4 Å². The minimum Gasteiger partial charge on any atom is -0.456 e. The maximum Gasteiger partial charge on any atom is 0.306 e. The molecule has 1 aromatic heterocycles. The van der Waals surface area contributed by atoms with Crippen molar-refractivity contribution in [1.29, 1.82) is 0 Å². The van der Waals surface area contributed by atoms with Gasteiger partial charge >= 0.3 is 5.97 Å². The summed E-state index contributed by atoms with van der Waals surface area (Å²) in [6.45, 7) is 2.73. The first-order chi connectivity index (χ1) is 13.6. The molecule has 1 aromatic carbocycles. The van der Waals surface area contributed by atoms with Crippen molar-refractivity contribution in [2.24, 2.45) is 0 Å². The van der Waals surface area contributed by atoms with Crippen molar-refractivity contribution >= 4 is 40.4 Å². The largest absolute Gasteiger partial charge is 0.456 e. The first-order valence-corrected chi connectivity index (χ1v) is 9.95. The molecule has 1 aliphatic rings. The summed E-state index contributed by atoms with van der Waals surface area (Å²) in [5.41, 5.74) is 1.70. The third-order valence-electron chi connectivity index (χ3n) is 4.24. The van der Waals surface area contributed by atoms with Crippen molar-refractivity contribution in [1.82, 2.24) is 0 Å². The van der Waals surface area contributed by atoms with Gasteiger partial charge in [0.25, 0.3) is 5.91 Å². The Morgan fingerprint density at radius 2 is 1.82 bits per heavy atom. The molecule has 0 atom stereocenters. The number of ketones is 1. The van der Waals surface area contributed by atoms with E-state index in [1.807, 2.05) is 29.6 Å². The Hall–Kier alpha value is -2.71. The Kier molecular flexibility index (Phi) is 7.16. The van der Waals surface area contributed by atoms with Crippen molar-refractivity contribution in [2.45, 2.75) is 12.8 Å². The minimum atomic E-state index is -0.567. The lowest BCUT2D eigenvalue weighted by Gasteiger charge is -2.28. The van der Waals surface area contributed by atoms with Gasteiger partial charge in [0.05, 0.1) is 24.5 Å². The van der Waals surface area contributed by atoms with E-state index < -0.39 is 11.9 Å². The highest BCUT2D eigenvalue weighted by atomic mass is 32.1. The molecule has 0 spiro atoms. The molecule has 1 fully saturated rings. The quantitative estimate of drug-likeness (QED) is 0.540. The number of ether oxygens (including phenoxy) is 2. The number of carbonyl (C=O) groups is 3. The molecule has 0 aliphatic carbocycles. The van der Waals surface area contributed by atoms with Gasteiger partial charge < -0.3 is 19.7 Å². The van der Waals surface area contributed by atoms with Crippen LogP contribution in [0.15, 0.2) is 41.8 Å². The van der Waals surface area contributed by atoms with Gasteiger partial charge in [-0.1, -0.05) is 6.07 Å². The number of amides is 1. The van der Waals surface area contributed by atoms with Crippen LogP contribution in [0.1, 0.15) is 22.5 Å². The second kappa shape index (κ2) is 10.0. The SMILES string of the molecule is O=C(COC(=O)CCC(=O)c1cccs1)Nc1ccc(N2CCOCC2)cc1. The lowest BCUT2D eigenvalue weighted by atomic mass is 10.2. The van der Waals surface area contributed by atoms with Gasteiger partial charge in [-0.15, -0.1) is 11.3 Å². The lowest BCUT2D eigenvalue weighted by Crippen LogP contribution is -2.36. The Bertz CT molecular complexity index is 799. The number of Topliss-reactive ketones (excluding diaryl/α,β-unsaturated/α-hetero) is 1. The van der Waals surface area contributed by atoms with Gasteiger partial charge in [0, 0.05) is 30.9 Å². The highest BCUT2D eigenvalue weighted by Gasteiger charge is 2.13. The average molecular weight is 402 g/mol. The molecule has 1 aliphatic heterocycles. The predicted octanol–water partition coefficient (Wildman–Crippen LogP) is 2.73. The van der Waals surface area contributed by atoms with Crippen molar-refractivity contribution in [3.63, 3.8) is 0 Å². The summed E-state index contributed by atoms with van der Waals surface area (Å²) in [7, 11) is 0. The van der Waals surface area contributed by atoms with Gasteiger partial charge in [0.2, 0.25) is 0 Å². The van der Waals surface area contributed by atoms with E-state index in [0.29, 0.717) is 23.8 Å². The van der Waals surface area contributed by atoms with E-state index in [2.05, 4.69) is 10.2 Å². The second-order valence-corrected chi connectivity index (χ2v) is 7.20. The zero-order chi connectivity index (χ0) is 19.8. The molecule has 0 radical (unpaired) electrons. The summed E-state index contributed by atoms with van der Waals surface area (Å²) in [6, 6.07) is 11.0. The van der Waals surface area contributed by atoms with Crippen LogP contribution in [-0.2, 0) is 19.1 Å². The number of carbonyl (C=O) groups excluding carboxylic acids is 3. The van der Waals surface area contributed by atoms with Crippen molar-refractivity contribution in [2.75, 3.05) is 43.1 Å². The third-order valence-corrected chi connectivity index (χ3v) is 5.15. The number of nitrogens with zero attached hydrogens (tertiary/aromatic N) is 1. The summed E-state index contributed by atoms with van der Waals surface area (Å²) in [4.78, 5) is 38.4. The smallest absolute Gasteiger partial charge is 0.306 e. The number of hydrogen-bond donors (Lipinski definition) is 1. The number of nitrogens with one attached hydrogen (secondary N) is 1. The molecular weight excluding hydrogens is 380 g/mol. The summed E-state index contributed by atoms with van der Waals surface area (Å²) in [5.74, 6) is -1.09. The minimum absolute atomic E-state index is 0.0434. The van der Waals surface area contributed by atoms with E-state index in [4.69, 9.17) is 9.47 Å². The number of rotatable bonds is 8. The number of benzene rings is 1. The molecule has 0 saturated carbocycles. The highest BCUT2D eigenvalue weighted by molar-refractivity contribution is 7.12. The molecule has 2 heterocycles. The Morgan fingerprint density at radius 3 is 2.50 bits per heavy atom. The summed E-state index contributed by atoms with van der Waals surface area (Å²) in [5, 5.41) is 4.50. The molecule has 1 amide bonds. The monoisotopic (exact) mass is 402 g/mol. The molecule has 1 N–H and O–H groups in total. The van der Waals surface area contributed by atoms with Crippen molar-refractivity contribution < 1.29 is 23.9 Å². The van der Waals surface area contributed by atoms with Gasteiger partial charge in [-0.2, -0.15) is 0 Å². The zero-order valence-corrected chi connectivity index (χ0v) is 16.2. The molecule has 148 valence electrons. The van der Waals surface area contributed by atoms with Crippen LogP contribution in [0.25, 0.3) is 0 Å². The number of hydrogen-bond acceptors (Lipinski definition) is 7. The maximum atomic E-state index is 11.9. The topological polar surface area (TPSA) is 84.9 Å². The molecular formula is C20H22N2O5S. The molecule has 28 heavy (non-hydrogen) atoms. The van der Waals surface area contributed by atoms with E-state index in [1.165, 1.54) is 11.3 Å². The van der Waals surface area contributed by atoms with Crippen LogP contribution in [0.5, 0.6) is 0 Å². The summed E-state index contributed by atoms with van der Waals surface area (Å²) >= 11 is 1.34. The first-order valence-electron chi connectivity index (χ1n) is 9.07. The van der Waals surface area contributed by atoms with Crippen LogP contribution in [0.2, 0.25) is 0 Å². The average Bonchev–Trinajstić information content (AvgIpc) is 3.27. The number of esters is 1. The fourth-order valence-electron chi connectivity index (χ4n) is 2.77. The van der Waals surface area contributed by atoms with E-state index in [1.54, 1.807) is 12.1 Å². The van der Waals surface area contributed by atoms with E-state index in [-0.39, 0.29) is 25.2 Å². The van der Waals surface area contributed by atoms with Crippen LogP contribution >= 0.6 is 11.3 Å². The molecule has 7 nitrogen and oxygen atoms in total. The summed E-state index contributed by atoms with van der Waals surface area (Å²) in [6.07, 6.45) is 0.0300. The molecule has 1 saturated heterocycles. The van der Waals surface area contributed by atoms with E-state index >= 15 is 0 Å². The Labute approximate surface area is 167 Å². The van der Waals surface area contributed by atoms with Gasteiger partial charge in [-0.05, 0) is 35.7 Å². The third kappa shape index (κ3) is 5.90. The number of anilines is 2. The molecule has 0 unspecified atom stereocenters. The normalized spacial score (nSPS) is 13.8. The Balaban J connectivity index is 1.37. The number of morpholine rings is 1. The fraction of sp³-hybridized carbons (Fsp3) is 0.350. The van der Waals surface area contributed by atoms with Crippen LogP contribution < -0.4 is 10.2 Å². The van der Waals surface area contributed by atoms with Crippen LogP contribution in [0, 0.1) is 0 Å². The second-order valence-electron chi connectivity index (χ2n) is 6.26. The van der Waals surface area contributed by atoms with E-state index in [0.717, 1.165) is 18.8 Å². The van der Waals surface area contributed by atoms with Crippen molar-refractivity contribution in [3.8, 4) is 0 Å². The van der Waals surface area contributed by atoms with Gasteiger partial charge in [-0.25, -0.2) is 0 Å². The fourth-order valence-corrected chi connectivity index (χ4v) is 3.46. The highest BCUT2D eigenvalue weighted by Crippen LogP contribution is 2.19. The zero-order valence-electron chi connectivity index (χ0n) is 15.4. The molecule has 8 heteroatoms. The van der Waals surface area contributed by atoms with Gasteiger partial charge in [-0.3, -0.25) is 14.4 Å². The standard InChI is InChI=1S/C20H22N2O5S/c23-17(18-2-1-13-28-18)7-8-20(25)27-14-19(24)21-15-3-5-16(6-4-15)22-9-11-26-12-10-22/h1-6,13H,7-12,14H2,(H,21,24). The Morgan fingerprint density at radius 1 is 1.07 bits per heavy atom. The molecule has 3 rings (SSSR count). The maximum absolute atomic E-state index is 11.9. The van der Waals surface area contributed by atoms with Gasteiger partial charge in [0.15, 0.2) is 12.4 Å². The van der Waals surface area contributed by atoms with Crippen LogP contribution in [0.3, 0.4) is 0 Å². The first kappa shape index (κ1) is 20.0. The van der Waals surface area contributed by atoms with Crippen molar-refractivity contribution in [3.05, 3.63) is 46.7 Å². The van der Waals surface area contributed by atoms with Gasteiger partial charge in [0.1, 0.15) is 0 Å². The molecule has 0 bridgehead atoms. The van der Waals surface area contributed by atoms with Crippen LogP contribution in [-0.4, -0.2) is 50.6 Å². The summed E-state index contributed by atoms with van der Waals surface area (Å²) < 4.78 is 10.3. The molecule has 2 aromatic rings.